The quantitative estimate of drug-likeness (QED) is 0.405. The number of carbonyl (C=O) groups excluding carboxylic acids is 1. The van der Waals surface area contributed by atoms with E-state index >= 15 is 0 Å². The van der Waals surface area contributed by atoms with Gasteiger partial charge in [0.2, 0.25) is 0 Å². The molecule has 6 rings (SSSR count). The smallest absolute Gasteiger partial charge is 0.255 e. The minimum Gasteiger partial charge on any atom is -0.353 e. The minimum absolute atomic E-state index is 0.0845. The standard InChI is InChI=1S/C28H26ClN5O/c1-18-30-25(19-6-3-2-4-7-19)17-26(31-18)33-12-14-34(15-13-33)28(35)27-21-8-5-9-23(21)32-24-11-10-20(29)16-22(24)27/h2-4,6-7,10-11,16-17H,5,8-9,12-15H2,1H3. The summed E-state index contributed by atoms with van der Waals surface area (Å²) in [6, 6.07) is 17.9. The van der Waals surface area contributed by atoms with E-state index in [0.717, 1.165) is 83.0 Å². The Morgan fingerprint density at radius 3 is 2.51 bits per heavy atom. The first kappa shape index (κ1) is 22.0. The predicted molar refractivity (Wildman–Crippen MR) is 139 cm³/mol. The van der Waals surface area contributed by atoms with Crippen molar-refractivity contribution < 1.29 is 4.79 Å². The molecule has 1 amide bonds. The van der Waals surface area contributed by atoms with Crippen molar-refractivity contribution in [3.05, 3.63) is 82.3 Å². The Bertz CT molecular complexity index is 1430. The molecule has 3 heterocycles. The highest BCUT2D eigenvalue weighted by molar-refractivity contribution is 6.31. The van der Waals surface area contributed by atoms with Crippen LogP contribution in [0.25, 0.3) is 22.2 Å². The summed E-state index contributed by atoms with van der Waals surface area (Å²) in [6.07, 6.45) is 2.87. The number of nitrogens with zero attached hydrogens (tertiary/aromatic N) is 5. The summed E-state index contributed by atoms with van der Waals surface area (Å²) < 4.78 is 0. The van der Waals surface area contributed by atoms with Crippen molar-refractivity contribution in [1.29, 1.82) is 0 Å². The predicted octanol–water partition coefficient (Wildman–Crippen LogP) is 5.10. The first-order valence-electron chi connectivity index (χ1n) is 12.1. The zero-order valence-corrected chi connectivity index (χ0v) is 20.4. The van der Waals surface area contributed by atoms with Crippen LogP contribution < -0.4 is 4.90 Å². The van der Waals surface area contributed by atoms with Crippen LogP contribution in [0, 0.1) is 6.92 Å². The summed E-state index contributed by atoms with van der Waals surface area (Å²) in [5.41, 5.74) is 5.80. The number of halogens is 1. The number of anilines is 1. The van der Waals surface area contributed by atoms with E-state index in [0.29, 0.717) is 18.1 Å². The molecule has 0 saturated carbocycles. The average molecular weight is 484 g/mol. The fourth-order valence-corrected chi connectivity index (χ4v) is 5.42. The van der Waals surface area contributed by atoms with Gasteiger partial charge in [-0.2, -0.15) is 0 Å². The lowest BCUT2D eigenvalue weighted by Gasteiger charge is -2.36. The Kier molecular flexibility index (Phi) is 5.61. The first-order chi connectivity index (χ1) is 17.1. The Morgan fingerprint density at radius 1 is 0.914 bits per heavy atom. The van der Waals surface area contributed by atoms with Crippen LogP contribution in [0.15, 0.2) is 54.6 Å². The van der Waals surface area contributed by atoms with Crippen molar-refractivity contribution in [3.8, 4) is 11.3 Å². The number of aromatic nitrogens is 3. The number of carbonyl (C=O) groups is 1. The maximum Gasteiger partial charge on any atom is 0.255 e. The van der Waals surface area contributed by atoms with Crippen molar-refractivity contribution in [2.24, 2.45) is 0 Å². The summed E-state index contributed by atoms with van der Waals surface area (Å²) in [5.74, 6) is 1.74. The fourth-order valence-electron chi connectivity index (χ4n) is 5.25. The molecular formula is C28H26ClN5O. The highest BCUT2D eigenvalue weighted by atomic mass is 35.5. The van der Waals surface area contributed by atoms with Crippen molar-refractivity contribution in [3.63, 3.8) is 0 Å². The van der Waals surface area contributed by atoms with E-state index in [4.69, 9.17) is 21.6 Å². The number of aryl methyl sites for hydroxylation is 2. The number of benzene rings is 2. The van der Waals surface area contributed by atoms with Gasteiger partial charge in [-0.3, -0.25) is 9.78 Å². The summed E-state index contributed by atoms with van der Waals surface area (Å²) in [4.78, 5) is 32.2. The molecule has 0 N–H and O–H groups in total. The second-order valence-electron chi connectivity index (χ2n) is 9.23. The van der Waals surface area contributed by atoms with Gasteiger partial charge in [-0.05, 0) is 49.9 Å². The Labute approximate surface area is 209 Å². The average Bonchev–Trinajstić information content (AvgIpc) is 3.35. The number of amides is 1. The summed E-state index contributed by atoms with van der Waals surface area (Å²) in [5, 5.41) is 1.49. The van der Waals surface area contributed by atoms with E-state index in [9.17, 15) is 4.79 Å². The van der Waals surface area contributed by atoms with E-state index in [2.05, 4.69) is 22.0 Å². The molecule has 2 aliphatic rings. The molecule has 176 valence electrons. The molecule has 4 aromatic rings. The first-order valence-corrected chi connectivity index (χ1v) is 12.5. The molecule has 1 aliphatic heterocycles. The lowest BCUT2D eigenvalue weighted by Crippen LogP contribution is -2.49. The normalized spacial score (nSPS) is 15.5. The molecule has 35 heavy (non-hydrogen) atoms. The largest absolute Gasteiger partial charge is 0.353 e. The summed E-state index contributed by atoms with van der Waals surface area (Å²) >= 11 is 6.32. The van der Waals surface area contributed by atoms with Gasteiger partial charge in [0.1, 0.15) is 11.6 Å². The monoisotopic (exact) mass is 483 g/mol. The van der Waals surface area contributed by atoms with Gasteiger partial charge in [-0.1, -0.05) is 41.9 Å². The third-order valence-electron chi connectivity index (χ3n) is 6.97. The molecule has 0 radical (unpaired) electrons. The van der Waals surface area contributed by atoms with Crippen molar-refractivity contribution in [2.75, 3.05) is 31.1 Å². The zero-order valence-electron chi connectivity index (χ0n) is 19.7. The number of fused-ring (bicyclic) bond motifs is 2. The van der Waals surface area contributed by atoms with Crippen LogP contribution in [0.1, 0.15) is 33.9 Å². The Morgan fingerprint density at radius 2 is 1.71 bits per heavy atom. The Balaban J connectivity index is 1.26. The van der Waals surface area contributed by atoms with Crippen molar-refractivity contribution in [2.45, 2.75) is 26.2 Å². The second kappa shape index (κ2) is 8.93. The SMILES string of the molecule is Cc1nc(-c2ccccc2)cc(N2CCN(C(=O)c3c4c(nc5ccc(Cl)cc35)CCC4)CC2)n1. The van der Waals surface area contributed by atoms with E-state index in [1.54, 1.807) is 0 Å². The summed E-state index contributed by atoms with van der Waals surface area (Å²) in [7, 11) is 0. The van der Waals surface area contributed by atoms with Gasteiger partial charge in [0.25, 0.3) is 5.91 Å². The highest BCUT2D eigenvalue weighted by Crippen LogP contribution is 2.33. The van der Waals surface area contributed by atoms with Crippen molar-refractivity contribution >= 4 is 34.2 Å². The van der Waals surface area contributed by atoms with Gasteiger partial charge < -0.3 is 9.80 Å². The third kappa shape index (κ3) is 4.12. The zero-order chi connectivity index (χ0) is 23.9. The van der Waals surface area contributed by atoms with E-state index < -0.39 is 0 Å². The van der Waals surface area contributed by atoms with Gasteiger partial charge in [-0.25, -0.2) is 9.97 Å². The van der Waals surface area contributed by atoms with Gasteiger partial charge in [0, 0.05) is 53.9 Å². The number of hydrogen-bond acceptors (Lipinski definition) is 5. The molecule has 6 nitrogen and oxygen atoms in total. The molecule has 7 heteroatoms. The molecular weight excluding hydrogens is 458 g/mol. The minimum atomic E-state index is 0.0845. The van der Waals surface area contributed by atoms with Crippen LogP contribution >= 0.6 is 11.6 Å². The Hall–Kier alpha value is -3.51. The number of rotatable bonds is 3. The van der Waals surface area contributed by atoms with Crippen LogP contribution in [-0.4, -0.2) is 51.9 Å². The molecule has 2 aromatic carbocycles. The molecule has 2 aromatic heterocycles. The molecule has 1 saturated heterocycles. The lowest BCUT2D eigenvalue weighted by atomic mass is 9.99. The van der Waals surface area contributed by atoms with E-state index in [1.807, 2.05) is 54.3 Å². The molecule has 1 fully saturated rings. The number of piperazine rings is 1. The van der Waals surface area contributed by atoms with Crippen molar-refractivity contribution in [1.82, 2.24) is 19.9 Å². The van der Waals surface area contributed by atoms with Gasteiger partial charge in [0.15, 0.2) is 0 Å². The van der Waals surface area contributed by atoms with Gasteiger partial charge >= 0.3 is 0 Å². The molecule has 0 spiro atoms. The van der Waals surface area contributed by atoms with Gasteiger partial charge in [0.05, 0.1) is 16.8 Å². The van der Waals surface area contributed by atoms with E-state index in [1.165, 1.54) is 0 Å². The van der Waals surface area contributed by atoms with E-state index in [-0.39, 0.29) is 5.91 Å². The highest BCUT2D eigenvalue weighted by Gasteiger charge is 2.29. The second-order valence-corrected chi connectivity index (χ2v) is 9.67. The van der Waals surface area contributed by atoms with Crippen LogP contribution in [-0.2, 0) is 12.8 Å². The molecule has 0 unspecified atom stereocenters. The molecule has 0 atom stereocenters. The van der Waals surface area contributed by atoms with Gasteiger partial charge in [-0.15, -0.1) is 0 Å². The fraction of sp³-hybridized carbons (Fsp3) is 0.286. The third-order valence-corrected chi connectivity index (χ3v) is 7.21. The molecule has 0 bridgehead atoms. The topological polar surface area (TPSA) is 62.2 Å². The summed E-state index contributed by atoms with van der Waals surface area (Å²) in [6.45, 7) is 4.66. The lowest BCUT2D eigenvalue weighted by molar-refractivity contribution is 0.0747. The van der Waals surface area contributed by atoms with Crippen LogP contribution in [0.4, 0.5) is 5.82 Å². The van der Waals surface area contributed by atoms with Crippen LogP contribution in [0.3, 0.4) is 0 Å². The number of hydrogen-bond donors (Lipinski definition) is 0. The molecule has 1 aliphatic carbocycles. The number of pyridine rings is 1. The maximum absolute atomic E-state index is 13.8. The maximum atomic E-state index is 13.8. The van der Waals surface area contributed by atoms with Crippen LogP contribution in [0.2, 0.25) is 5.02 Å². The van der Waals surface area contributed by atoms with Crippen LogP contribution in [0.5, 0.6) is 0 Å².